The minimum atomic E-state index is -0.0617. The van der Waals surface area contributed by atoms with E-state index in [0.717, 1.165) is 16.9 Å². The van der Waals surface area contributed by atoms with Crippen LogP contribution >= 0.6 is 11.3 Å². The summed E-state index contributed by atoms with van der Waals surface area (Å²) in [5.41, 5.74) is 2.80. The second-order valence-electron chi connectivity index (χ2n) is 6.60. The number of rotatable bonds is 7. The summed E-state index contributed by atoms with van der Waals surface area (Å²) in [7, 11) is 0. The molecule has 0 aliphatic heterocycles. The first-order valence-corrected chi connectivity index (χ1v) is 10.2. The van der Waals surface area contributed by atoms with E-state index in [1.807, 2.05) is 73.0 Å². The molecule has 2 aromatic heterocycles. The van der Waals surface area contributed by atoms with Crippen molar-refractivity contribution in [1.29, 1.82) is 0 Å². The highest BCUT2D eigenvalue weighted by Crippen LogP contribution is 2.29. The molecule has 6 nitrogen and oxygen atoms in total. The van der Waals surface area contributed by atoms with Gasteiger partial charge in [0.25, 0.3) is 0 Å². The molecule has 7 heteroatoms. The van der Waals surface area contributed by atoms with Gasteiger partial charge in [-0.25, -0.2) is 4.98 Å². The largest absolute Gasteiger partial charge is 0.339 e. The first kappa shape index (κ1) is 19.0. The molecule has 0 aliphatic rings. The maximum Gasteiger partial charge on any atom is 0.233 e. The third-order valence-corrected chi connectivity index (χ3v) is 5.27. The summed E-state index contributed by atoms with van der Waals surface area (Å²) in [6.45, 7) is 1.92. The molecule has 0 atom stereocenters. The molecule has 0 saturated heterocycles. The van der Waals surface area contributed by atoms with Crippen LogP contribution < -0.4 is 4.90 Å². The number of aromatic nitrogens is 3. The second-order valence-corrected chi connectivity index (χ2v) is 7.44. The van der Waals surface area contributed by atoms with E-state index in [-0.39, 0.29) is 12.3 Å². The number of aryl methyl sites for hydroxylation is 2. The molecule has 0 spiro atoms. The maximum atomic E-state index is 13.0. The molecule has 29 heavy (non-hydrogen) atoms. The Kier molecular flexibility index (Phi) is 5.76. The van der Waals surface area contributed by atoms with Gasteiger partial charge in [-0.1, -0.05) is 53.7 Å². The second kappa shape index (κ2) is 8.79. The van der Waals surface area contributed by atoms with Crippen molar-refractivity contribution < 1.29 is 9.32 Å². The van der Waals surface area contributed by atoms with Crippen LogP contribution in [0.25, 0.3) is 0 Å². The molecule has 0 bridgehead atoms. The van der Waals surface area contributed by atoms with Crippen LogP contribution in [0.4, 0.5) is 10.8 Å². The zero-order valence-electron chi connectivity index (χ0n) is 16.0. The fourth-order valence-corrected chi connectivity index (χ4v) is 3.79. The highest BCUT2D eigenvalue weighted by Gasteiger charge is 2.21. The number of benzene rings is 2. The minimum absolute atomic E-state index is 0.0617. The van der Waals surface area contributed by atoms with Crippen molar-refractivity contribution >= 4 is 28.1 Å². The molecule has 4 rings (SSSR count). The van der Waals surface area contributed by atoms with Crippen molar-refractivity contribution in [2.24, 2.45) is 0 Å². The Bertz CT molecular complexity index is 1080. The standard InChI is InChI=1S/C22H20N4O2S/c1-16-15-29-22(23-16)26(18-10-6-3-7-11-18)21(27)13-12-20-24-19(25-28-20)14-17-8-4-2-5-9-17/h2-11,15H,12-14H2,1H3. The zero-order valence-corrected chi connectivity index (χ0v) is 16.8. The van der Waals surface area contributed by atoms with E-state index in [1.165, 1.54) is 11.3 Å². The lowest BCUT2D eigenvalue weighted by molar-refractivity contribution is -0.117. The van der Waals surface area contributed by atoms with E-state index in [0.29, 0.717) is 29.7 Å². The number of para-hydroxylation sites is 1. The maximum absolute atomic E-state index is 13.0. The Hall–Kier alpha value is -3.32. The van der Waals surface area contributed by atoms with Gasteiger partial charge >= 0.3 is 0 Å². The molecular formula is C22H20N4O2S. The number of nitrogens with zero attached hydrogens (tertiary/aromatic N) is 4. The first-order chi connectivity index (χ1) is 14.2. The van der Waals surface area contributed by atoms with Gasteiger partial charge in [0.1, 0.15) is 0 Å². The predicted molar refractivity (Wildman–Crippen MR) is 112 cm³/mol. The number of anilines is 2. The molecule has 1 amide bonds. The monoisotopic (exact) mass is 404 g/mol. The predicted octanol–water partition coefficient (Wildman–Crippen LogP) is 4.72. The van der Waals surface area contributed by atoms with Gasteiger partial charge in [0.05, 0.1) is 11.4 Å². The summed E-state index contributed by atoms with van der Waals surface area (Å²) >= 11 is 1.45. The highest BCUT2D eigenvalue weighted by atomic mass is 32.1. The smallest absolute Gasteiger partial charge is 0.233 e. The van der Waals surface area contributed by atoms with Crippen molar-refractivity contribution in [2.45, 2.75) is 26.2 Å². The summed E-state index contributed by atoms with van der Waals surface area (Å²) < 4.78 is 5.34. The number of hydrogen-bond acceptors (Lipinski definition) is 6. The van der Waals surface area contributed by atoms with E-state index >= 15 is 0 Å². The van der Waals surface area contributed by atoms with Crippen LogP contribution in [0.5, 0.6) is 0 Å². The van der Waals surface area contributed by atoms with Gasteiger partial charge in [0.15, 0.2) is 11.0 Å². The Morgan fingerprint density at radius 3 is 2.45 bits per heavy atom. The van der Waals surface area contributed by atoms with Gasteiger partial charge in [-0.15, -0.1) is 11.3 Å². The van der Waals surface area contributed by atoms with Crippen LogP contribution in [0.1, 0.15) is 29.4 Å². The lowest BCUT2D eigenvalue weighted by Gasteiger charge is -2.19. The lowest BCUT2D eigenvalue weighted by atomic mass is 10.1. The molecule has 146 valence electrons. The molecule has 2 aromatic carbocycles. The topological polar surface area (TPSA) is 72.1 Å². The normalized spacial score (nSPS) is 10.8. The Labute approximate surface area is 172 Å². The molecule has 0 saturated carbocycles. The van der Waals surface area contributed by atoms with Gasteiger partial charge in [0, 0.05) is 24.6 Å². The van der Waals surface area contributed by atoms with Gasteiger partial charge in [-0.2, -0.15) is 4.98 Å². The molecule has 0 radical (unpaired) electrons. The zero-order chi connectivity index (χ0) is 20.1. The lowest BCUT2D eigenvalue weighted by Crippen LogP contribution is -2.26. The molecule has 0 N–H and O–H groups in total. The van der Waals surface area contributed by atoms with Crippen molar-refractivity contribution in [1.82, 2.24) is 15.1 Å². The Balaban J connectivity index is 1.45. The quantitative estimate of drug-likeness (QED) is 0.445. The average molecular weight is 404 g/mol. The fraction of sp³-hybridized carbons (Fsp3) is 0.182. The number of hydrogen-bond donors (Lipinski definition) is 0. The van der Waals surface area contributed by atoms with Crippen LogP contribution in [-0.2, 0) is 17.6 Å². The van der Waals surface area contributed by atoms with E-state index in [2.05, 4.69) is 15.1 Å². The number of carbonyl (C=O) groups excluding carboxylic acids is 1. The summed E-state index contributed by atoms with van der Waals surface area (Å²) in [5, 5.41) is 6.63. The number of amides is 1. The van der Waals surface area contributed by atoms with Crippen LogP contribution in [-0.4, -0.2) is 21.0 Å². The SMILES string of the molecule is Cc1csc(N(C(=O)CCc2nc(Cc3ccccc3)no2)c2ccccc2)n1. The van der Waals surface area contributed by atoms with Crippen LogP contribution in [0, 0.1) is 6.92 Å². The third-order valence-electron chi connectivity index (χ3n) is 4.33. The van der Waals surface area contributed by atoms with Crippen molar-refractivity contribution in [3.8, 4) is 0 Å². The summed E-state index contributed by atoms with van der Waals surface area (Å²) in [6, 6.07) is 19.5. The third kappa shape index (κ3) is 4.75. The fourth-order valence-electron chi connectivity index (χ4n) is 2.95. The van der Waals surface area contributed by atoms with Gasteiger partial charge in [-0.3, -0.25) is 9.69 Å². The minimum Gasteiger partial charge on any atom is -0.339 e. The Morgan fingerprint density at radius 1 is 1.03 bits per heavy atom. The van der Waals surface area contributed by atoms with Gasteiger partial charge in [-0.05, 0) is 24.6 Å². The van der Waals surface area contributed by atoms with Crippen molar-refractivity contribution in [3.05, 3.63) is 89.0 Å². The summed E-state index contributed by atoms with van der Waals surface area (Å²) in [4.78, 5) is 23.6. The molecular weight excluding hydrogens is 384 g/mol. The average Bonchev–Trinajstić information content (AvgIpc) is 3.37. The van der Waals surface area contributed by atoms with E-state index in [1.54, 1.807) is 4.90 Å². The Morgan fingerprint density at radius 2 is 1.76 bits per heavy atom. The summed E-state index contributed by atoms with van der Waals surface area (Å²) in [5.74, 6) is 1.02. The molecule has 0 aliphatic carbocycles. The molecule has 0 unspecified atom stereocenters. The van der Waals surface area contributed by atoms with E-state index in [4.69, 9.17) is 4.52 Å². The van der Waals surface area contributed by atoms with Gasteiger partial charge < -0.3 is 4.52 Å². The van der Waals surface area contributed by atoms with Crippen molar-refractivity contribution in [2.75, 3.05) is 4.90 Å². The molecule has 2 heterocycles. The van der Waals surface area contributed by atoms with Crippen molar-refractivity contribution in [3.63, 3.8) is 0 Å². The number of thiazole rings is 1. The first-order valence-electron chi connectivity index (χ1n) is 9.34. The van der Waals surface area contributed by atoms with Crippen LogP contribution in [0.15, 0.2) is 70.6 Å². The van der Waals surface area contributed by atoms with Crippen LogP contribution in [0.2, 0.25) is 0 Å². The van der Waals surface area contributed by atoms with E-state index < -0.39 is 0 Å². The van der Waals surface area contributed by atoms with E-state index in [9.17, 15) is 4.79 Å². The van der Waals surface area contributed by atoms with Gasteiger partial charge in [0.2, 0.25) is 11.8 Å². The molecule has 0 fully saturated rings. The highest BCUT2D eigenvalue weighted by molar-refractivity contribution is 7.14. The number of carbonyl (C=O) groups is 1. The summed E-state index contributed by atoms with van der Waals surface area (Å²) in [6.07, 6.45) is 1.24. The molecule has 4 aromatic rings. The van der Waals surface area contributed by atoms with Crippen LogP contribution in [0.3, 0.4) is 0 Å².